The number of aryl methyl sites for hydroxylation is 3. The second-order valence-corrected chi connectivity index (χ2v) is 13.5. The normalized spacial score (nSPS) is 14.9. The number of carboxylic acid groups (broad SMARTS) is 3. The van der Waals surface area contributed by atoms with Gasteiger partial charge in [-0.3, -0.25) is 24.3 Å². The maximum Gasteiger partial charge on any atom is 0.310 e. The Kier molecular flexibility index (Phi) is 12.1. The van der Waals surface area contributed by atoms with Gasteiger partial charge in [0.1, 0.15) is 17.4 Å². The van der Waals surface area contributed by atoms with Gasteiger partial charge in [-0.2, -0.15) is 0 Å². The van der Waals surface area contributed by atoms with Gasteiger partial charge in [0, 0.05) is 75.2 Å². The molecule has 1 aliphatic heterocycles. The van der Waals surface area contributed by atoms with E-state index in [0.29, 0.717) is 0 Å². The van der Waals surface area contributed by atoms with Gasteiger partial charge >= 0.3 is 5.97 Å². The Morgan fingerprint density at radius 3 is 2.33 bits per heavy atom. The third kappa shape index (κ3) is 8.87. The van der Waals surface area contributed by atoms with Crippen molar-refractivity contribution in [1.29, 1.82) is 0 Å². The predicted octanol–water partition coefficient (Wildman–Crippen LogP) is 6.73. The number of aromatic nitrogens is 4. The highest BCUT2D eigenvalue weighted by Gasteiger charge is 2.40. The molecule has 0 bridgehead atoms. The summed E-state index contributed by atoms with van der Waals surface area (Å²) in [6.07, 6.45) is 4.67. The highest BCUT2D eigenvalue weighted by atomic mass is 16.5. The van der Waals surface area contributed by atoms with Crippen LogP contribution in [0.3, 0.4) is 0 Å². The number of benzene rings is 3. The fourth-order valence-electron chi connectivity index (χ4n) is 6.53. The Bertz CT molecular complexity index is 2040. The molecule has 0 aliphatic carbocycles. The molecule has 5 aromatic rings. The third-order valence-corrected chi connectivity index (χ3v) is 9.21. The smallest absolute Gasteiger partial charge is 0.310 e. The summed E-state index contributed by atoms with van der Waals surface area (Å²) in [5.74, 6) is -1.93. The first kappa shape index (κ1) is 38.4. The number of carboxylic acids is 3. The number of hydrogen-bond donors (Lipinski definition) is 3. The lowest BCUT2D eigenvalue weighted by atomic mass is 9.69. The minimum atomic E-state index is -1.06. The predicted molar refractivity (Wildman–Crippen MR) is 195 cm³/mol. The van der Waals surface area contributed by atoms with Crippen molar-refractivity contribution in [2.24, 2.45) is 12.5 Å². The number of rotatable bonds is 7. The zero-order chi connectivity index (χ0) is 37.6. The third-order valence-electron chi connectivity index (χ3n) is 9.21. The fraction of sp³-hybridized carbons (Fsp3) is 0.385. The van der Waals surface area contributed by atoms with Crippen LogP contribution in [0.25, 0.3) is 21.8 Å². The monoisotopic (exact) mass is 697 g/mol. The number of hydrogen-bond acceptors (Lipinski definition) is 8. The first-order valence-corrected chi connectivity index (χ1v) is 16.8. The molecule has 2 atom stereocenters. The summed E-state index contributed by atoms with van der Waals surface area (Å²) in [6.45, 7) is 14.4. The topological polar surface area (TPSA) is 168 Å². The van der Waals surface area contributed by atoms with Crippen molar-refractivity contribution in [2.75, 3.05) is 6.54 Å². The number of nitrogens with zero attached hydrogens (tertiary/aromatic N) is 5. The van der Waals surface area contributed by atoms with Gasteiger partial charge in [-0.15, -0.1) is 5.10 Å². The van der Waals surface area contributed by atoms with Gasteiger partial charge in [0.25, 0.3) is 11.9 Å². The second kappa shape index (κ2) is 16.1. The van der Waals surface area contributed by atoms with E-state index in [9.17, 15) is 9.90 Å². The minimum absolute atomic E-state index is 0.0588. The molecule has 0 saturated heterocycles. The van der Waals surface area contributed by atoms with Crippen LogP contribution < -0.4 is 4.74 Å². The van der Waals surface area contributed by atoms with Crippen LogP contribution in [-0.4, -0.2) is 70.8 Å². The highest BCUT2D eigenvalue weighted by molar-refractivity contribution is 5.89. The van der Waals surface area contributed by atoms with Crippen molar-refractivity contribution >= 4 is 39.7 Å². The van der Waals surface area contributed by atoms with E-state index in [4.69, 9.17) is 24.5 Å². The van der Waals surface area contributed by atoms with Crippen LogP contribution in [0, 0.1) is 19.3 Å². The van der Waals surface area contributed by atoms with E-state index in [0.717, 1.165) is 84.1 Å². The summed E-state index contributed by atoms with van der Waals surface area (Å²) in [5.41, 5.74) is 7.10. The Hall–Kier alpha value is -5.36. The Morgan fingerprint density at radius 1 is 1.00 bits per heavy atom. The van der Waals surface area contributed by atoms with Crippen LogP contribution in [0.1, 0.15) is 80.3 Å². The van der Waals surface area contributed by atoms with Gasteiger partial charge < -0.3 is 20.1 Å². The van der Waals surface area contributed by atoms with Crippen LogP contribution in [0.2, 0.25) is 0 Å². The highest BCUT2D eigenvalue weighted by Crippen LogP contribution is 2.44. The molecule has 12 nitrogen and oxygen atoms in total. The molecule has 0 amide bonds. The molecular weight excluding hydrogens is 650 g/mol. The molecule has 12 heteroatoms. The van der Waals surface area contributed by atoms with Gasteiger partial charge in [0.2, 0.25) is 0 Å². The van der Waals surface area contributed by atoms with Crippen molar-refractivity contribution in [3.8, 4) is 5.75 Å². The molecular formula is C39H47N5O7. The van der Waals surface area contributed by atoms with E-state index in [1.807, 2.05) is 58.4 Å². The molecule has 3 heterocycles. The average Bonchev–Trinajstić information content (AvgIpc) is 3.33. The molecule has 3 N–H and O–H groups in total. The maximum atomic E-state index is 12.7. The van der Waals surface area contributed by atoms with Crippen LogP contribution >= 0.6 is 0 Å². The molecule has 0 fully saturated rings. The van der Waals surface area contributed by atoms with E-state index < -0.39 is 23.3 Å². The fourth-order valence-corrected chi connectivity index (χ4v) is 6.53. The first-order valence-electron chi connectivity index (χ1n) is 16.8. The van der Waals surface area contributed by atoms with Crippen LogP contribution in [0.4, 0.5) is 0 Å². The SMILES string of the molecule is CC(=O)O.CC(=O)O.CC[C@@H]1CN(Cc2cc(C(c3ccc4c(nnn4C)c3C)C(C)(C)C(=O)O)ccc2C)Cc2ccc3cnccc3c2O1. The number of pyridine rings is 1. The number of ether oxygens (including phenoxy) is 1. The van der Waals surface area contributed by atoms with Crippen molar-refractivity contribution in [3.05, 3.63) is 94.3 Å². The molecule has 3 aromatic carbocycles. The lowest BCUT2D eigenvalue weighted by molar-refractivity contribution is -0.147. The molecule has 0 saturated carbocycles. The average molecular weight is 698 g/mol. The summed E-state index contributed by atoms with van der Waals surface area (Å²) in [5, 5.41) is 36.0. The van der Waals surface area contributed by atoms with E-state index in [2.05, 4.69) is 64.4 Å². The van der Waals surface area contributed by atoms with Crippen LogP contribution in [-0.2, 0) is 34.5 Å². The standard InChI is InChI=1S/C35H39N5O3.2C2H4O2/c1-7-27-20-40(18-25-11-10-24-17-36-15-14-29(24)33(25)43-27)19-26-16-23(9-8-21(26)2)31(35(4,5)34(41)42)28-12-13-30-32(22(28)3)37-38-39(30)6;2*1-2(3)4/h8-17,27,31H,7,18-20H2,1-6H3,(H,41,42);2*1H3,(H,3,4)/t27-,31?;;/m1../s1. The first-order chi connectivity index (χ1) is 24.0. The van der Waals surface area contributed by atoms with Crippen molar-refractivity contribution in [1.82, 2.24) is 24.9 Å². The molecule has 1 unspecified atom stereocenters. The summed E-state index contributed by atoms with van der Waals surface area (Å²) in [4.78, 5) is 37.5. The maximum absolute atomic E-state index is 12.7. The zero-order valence-corrected chi connectivity index (χ0v) is 30.5. The number of fused-ring (bicyclic) bond motifs is 4. The Morgan fingerprint density at radius 2 is 1.69 bits per heavy atom. The summed E-state index contributed by atoms with van der Waals surface area (Å²) < 4.78 is 8.36. The lowest BCUT2D eigenvalue weighted by Gasteiger charge is -2.33. The molecule has 6 rings (SSSR count). The molecule has 51 heavy (non-hydrogen) atoms. The minimum Gasteiger partial charge on any atom is -0.488 e. The summed E-state index contributed by atoms with van der Waals surface area (Å²) in [6, 6.07) is 16.8. The van der Waals surface area contributed by atoms with Crippen molar-refractivity contribution in [2.45, 2.75) is 80.0 Å². The van der Waals surface area contributed by atoms with E-state index in [1.54, 1.807) is 4.68 Å². The van der Waals surface area contributed by atoms with Gasteiger partial charge in [0.15, 0.2) is 0 Å². The quantitative estimate of drug-likeness (QED) is 0.165. The Balaban J connectivity index is 0.000000662. The van der Waals surface area contributed by atoms with Gasteiger partial charge in [0.05, 0.1) is 10.9 Å². The van der Waals surface area contributed by atoms with Gasteiger partial charge in [-0.05, 0) is 74.1 Å². The van der Waals surface area contributed by atoms with E-state index >= 15 is 0 Å². The van der Waals surface area contributed by atoms with Gasteiger partial charge in [-0.1, -0.05) is 48.5 Å². The molecule has 270 valence electrons. The zero-order valence-electron chi connectivity index (χ0n) is 30.5. The van der Waals surface area contributed by atoms with E-state index in [-0.39, 0.29) is 12.0 Å². The van der Waals surface area contributed by atoms with Gasteiger partial charge in [-0.25, -0.2) is 4.68 Å². The molecule has 0 spiro atoms. The number of aliphatic carboxylic acids is 3. The largest absolute Gasteiger partial charge is 0.488 e. The van der Waals surface area contributed by atoms with Crippen LogP contribution in [0.15, 0.2) is 60.9 Å². The summed E-state index contributed by atoms with van der Waals surface area (Å²) >= 11 is 0. The Labute approximate surface area is 297 Å². The lowest BCUT2D eigenvalue weighted by Crippen LogP contribution is -2.33. The van der Waals surface area contributed by atoms with Crippen molar-refractivity contribution < 1.29 is 34.4 Å². The van der Waals surface area contributed by atoms with E-state index in [1.165, 1.54) is 16.7 Å². The van der Waals surface area contributed by atoms with Crippen LogP contribution in [0.5, 0.6) is 5.75 Å². The summed E-state index contributed by atoms with van der Waals surface area (Å²) in [7, 11) is 1.87. The molecule has 2 aromatic heterocycles. The number of carbonyl (C=O) groups is 3. The van der Waals surface area contributed by atoms with Crippen molar-refractivity contribution in [3.63, 3.8) is 0 Å². The molecule has 1 aliphatic rings. The molecule has 0 radical (unpaired) electrons. The second-order valence-electron chi connectivity index (χ2n) is 13.5.